The molecule has 0 aromatic carbocycles. The summed E-state index contributed by atoms with van der Waals surface area (Å²) in [6, 6.07) is -1.59. The third-order valence-corrected chi connectivity index (χ3v) is 8.21. The van der Waals surface area contributed by atoms with Gasteiger partial charge in [-0.15, -0.1) is 0 Å². The lowest BCUT2D eigenvalue weighted by atomic mass is 9.94. The Morgan fingerprint density at radius 2 is 1.26 bits per heavy atom. The minimum atomic E-state index is -2.07. The van der Waals surface area contributed by atoms with Gasteiger partial charge in [0.15, 0.2) is 18.9 Å². The number of carbonyl (C=O) groups excluding carboxylic acids is 1. The van der Waals surface area contributed by atoms with Crippen molar-refractivity contribution in [2.75, 3.05) is 26.4 Å². The molecule has 3 aliphatic rings. The molecular formula is C26H47NO20. The highest BCUT2D eigenvalue weighted by Gasteiger charge is 2.54. The normalized spacial score (nSPS) is 43.9. The zero-order chi connectivity index (χ0) is 35.3. The van der Waals surface area contributed by atoms with Gasteiger partial charge in [0.25, 0.3) is 0 Å². The summed E-state index contributed by atoms with van der Waals surface area (Å²) in [7, 11) is 0. The number of ether oxygens (including phenoxy) is 6. The first-order valence-corrected chi connectivity index (χ1v) is 14.9. The number of nitrogens with one attached hydrogen (secondary N) is 1. The molecule has 19 atom stereocenters. The van der Waals surface area contributed by atoms with E-state index >= 15 is 0 Å². The van der Waals surface area contributed by atoms with Gasteiger partial charge in [-0.25, -0.2) is 0 Å². The predicted octanol–water partition coefficient (Wildman–Crippen LogP) is -8.94. The standard InChI is InChI=1S/C26H47NO20/c1-7-14(35)18(39)19(40)25(42-7)46-22-12(6-31)44-24(13(17(22)38)27-8(2)32)47-23-16(37)11(5-30)43-26(20(23)41)45-21(10(34)4-29)15(36)9(33)3-28/h7,9-26,28-31,33-41H,3-6H2,1-2H3,(H,27,32)/t7-,9-,10+,11+,12+,13+,14+,15+,16-,17+,18+,19-,20+,21+,22+,23-,24-,25-,26-/m0/s1. The highest BCUT2D eigenvalue weighted by atomic mass is 16.8. The van der Waals surface area contributed by atoms with E-state index in [1.54, 1.807) is 0 Å². The molecular weight excluding hydrogens is 646 g/mol. The fourth-order valence-corrected chi connectivity index (χ4v) is 5.49. The molecule has 47 heavy (non-hydrogen) atoms. The van der Waals surface area contributed by atoms with Gasteiger partial charge < -0.3 is 100 Å². The smallest absolute Gasteiger partial charge is 0.217 e. The molecule has 3 fully saturated rings. The molecule has 0 saturated carbocycles. The van der Waals surface area contributed by atoms with Gasteiger partial charge in [0.2, 0.25) is 5.91 Å². The predicted molar refractivity (Wildman–Crippen MR) is 146 cm³/mol. The topological polar surface area (TPSA) is 347 Å². The molecule has 0 unspecified atom stereocenters. The molecule has 0 aromatic rings. The van der Waals surface area contributed by atoms with Crippen molar-refractivity contribution in [1.29, 1.82) is 0 Å². The second-order valence-electron chi connectivity index (χ2n) is 11.6. The van der Waals surface area contributed by atoms with E-state index in [4.69, 9.17) is 28.4 Å². The van der Waals surface area contributed by atoms with Crippen LogP contribution in [-0.2, 0) is 33.2 Å². The Kier molecular flexibility index (Phi) is 15.0. The van der Waals surface area contributed by atoms with E-state index < -0.39 is 149 Å². The number of carbonyl (C=O) groups is 1. The summed E-state index contributed by atoms with van der Waals surface area (Å²) >= 11 is 0. The van der Waals surface area contributed by atoms with Crippen molar-refractivity contribution in [3.8, 4) is 0 Å². The van der Waals surface area contributed by atoms with Gasteiger partial charge in [0.05, 0.1) is 32.5 Å². The number of amides is 1. The molecule has 276 valence electrons. The van der Waals surface area contributed by atoms with Gasteiger partial charge >= 0.3 is 0 Å². The van der Waals surface area contributed by atoms with E-state index in [0.29, 0.717) is 0 Å². The highest BCUT2D eigenvalue weighted by Crippen LogP contribution is 2.33. The van der Waals surface area contributed by atoms with E-state index in [0.717, 1.165) is 6.92 Å². The SMILES string of the molecule is CC(=O)N[C@H]1[C@H](O[C@H]2[C@@H](O)[C@@H](CO)O[C@@H](O[C@@H]([C@H](O)[C@@H](O)CO)[C@H](O)CO)[C@@H]2O)O[C@H](CO)[C@@H](O[C@@H]2O[C@@H](C)[C@@H](O)[C@@H](O)[C@@H]2O)[C@@H]1O. The lowest BCUT2D eigenvalue weighted by molar-refractivity contribution is -0.371. The van der Waals surface area contributed by atoms with E-state index in [-0.39, 0.29) is 0 Å². The van der Waals surface area contributed by atoms with Crippen LogP contribution in [0.4, 0.5) is 0 Å². The Morgan fingerprint density at radius 3 is 1.81 bits per heavy atom. The zero-order valence-corrected chi connectivity index (χ0v) is 25.5. The monoisotopic (exact) mass is 693 g/mol. The lowest BCUT2D eigenvalue weighted by Gasteiger charge is -2.49. The summed E-state index contributed by atoms with van der Waals surface area (Å²) in [6.07, 6.45) is -31.5. The maximum atomic E-state index is 12.1. The average molecular weight is 694 g/mol. The molecule has 3 rings (SSSR count). The molecule has 0 spiro atoms. The first-order chi connectivity index (χ1) is 22.1. The van der Waals surface area contributed by atoms with Crippen LogP contribution in [0.3, 0.4) is 0 Å². The first kappa shape index (κ1) is 40.1. The van der Waals surface area contributed by atoms with Crippen molar-refractivity contribution >= 4 is 5.91 Å². The molecule has 21 heteroatoms. The van der Waals surface area contributed by atoms with Crippen molar-refractivity contribution in [3.05, 3.63) is 0 Å². The van der Waals surface area contributed by atoms with Crippen LogP contribution >= 0.6 is 0 Å². The Morgan fingerprint density at radius 1 is 0.681 bits per heavy atom. The van der Waals surface area contributed by atoms with Crippen molar-refractivity contribution in [3.63, 3.8) is 0 Å². The molecule has 3 saturated heterocycles. The molecule has 0 radical (unpaired) electrons. The first-order valence-electron chi connectivity index (χ1n) is 14.9. The van der Waals surface area contributed by atoms with Crippen molar-refractivity contribution in [2.24, 2.45) is 0 Å². The summed E-state index contributed by atoms with van der Waals surface area (Å²) < 4.78 is 33.4. The summed E-state index contributed by atoms with van der Waals surface area (Å²) in [5, 5.41) is 135. The maximum Gasteiger partial charge on any atom is 0.217 e. The van der Waals surface area contributed by atoms with E-state index in [1.165, 1.54) is 6.92 Å². The van der Waals surface area contributed by atoms with Crippen LogP contribution in [0.25, 0.3) is 0 Å². The van der Waals surface area contributed by atoms with Gasteiger partial charge in [-0.3, -0.25) is 4.79 Å². The van der Waals surface area contributed by atoms with Crippen LogP contribution in [0.2, 0.25) is 0 Å². The quantitative estimate of drug-likeness (QED) is 0.0803. The molecule has 14 N–H and O–H groups in total. The second kappa shape index (κ2) is 17.6. The molecule has 3 aliphatic heterocycles. The van der Waals surface area contributed by atoms with Gasteiger partial charge in [-0.1, -0.05) is 0 Å². The van der Waals surface area contributed by atoms with Crippen LogP contribution in [-0.4, -0.2) is 215 Å². The van der Waals surface area contributed by atoms with E-state index in [2.05, 4.69) is 5.32 Å². The van der Waals surface area contributed by atoms with Crippen LogP contribution in [0.5, 0.6) is 0 Å². The minimum Gasteiger partial charge on any atom is -0.394 e. The Hall–Kier alpha value is -1.29. The third kappa shape index (κ3) is 9.09. The minimum absolute atomic E-state index is 0.742. The fraction of sp³-hybridized carbons (Fsp3) is 0.962. The molecule has 0 aliphatic carbocycles. The molecule has 21 nitrogen and oxygen atoms in total. The van der Waals surface area contributed by atoms with E-state index in [1.807, 2.05) is 0 Å². The third-order valence-electron chi connectivity index (χ3n) is 8.21. The number of hydrogen-bond donors (Lipinski definition) is 14. The number of aliphatic hydroxyl groups is 13. The van der Waals surface area contributed by atoms with Gasteiger partial charge in [0.1, 0.15) is 91.5 Å². The summed E-state index contributed by atoms with van der Waals surface area (Å²) in [4.78, 5) is 12.1. The summed E-state index contributed by atoms with van der Waals surface area (Å²) in [5.74, 6) is -0.742. The molecule has 0 aromatic heterocycles. The molecule has 1 amide bonds. The Labute approximate surface area is 268 Å². The van der Waals surface area contributed by atoms with Crippen molar-refractivity contribution in [1.82, 2.24) is 5.32 Å². The molecule has 0 bridgehead atoms. The summed E-state index contributed by atoms with van der Waals surface area (Å²) in [5.41, 5.74) is 0. The van der Waals surface area contributed by atoms with Crippen LogP contribution in [0, 0.1) is 0 Å². The molecule has 3 heterocycles. The summed E-state index contributed by atoms with van der Waals surface area (Å²) in [6.45, 7) is -1.37. The second-order valence-corrected chi connectivity index (χ2v) is 11.6. The Balaban J connectivity index is 1.87. The van der Waals surface area contributed by atoms with Crippen LogP contribution < -0.4 is 5.32 Å². The van der Waals surface area contributed by atoms with E-state index in [9.17, 15) is 71.2 Å². The van der Waals surface area contributed by atoms with Crippen LogP contribution in [0.1, 0.15) is 13.8 Å². The number of aliphatic hydroxyl groups excluding tert-OH is 13. The number of rotatable bonds is 14. The highest BCUT2D eigenvalue weighted by molar-refractivity contribution is 5.73. The van der Waals surface area contributed by atoms with Crippen LogP contribution in [0.15, 0.2) is 0 Å². The fourth-order valence-electron chi connectivity index (χ4n) is 5.49. The maximum absolute atomic E-state index is 12.1. The number of hydrogen-bond acceptors (Lipinski definition) is 20. The van der Waals surface area contributed by atoms with Gasteiger partial charge in [0, 0.05) is 6.92 Å². The van der Waals surface area contributed by atoms with Gasteiger partial charge in [-0.05, 0) is 6.92 Å². The average Bonchev–Trinajstić information content (AvgIpc) is 3.05. The van der Waals surface area contributed by atoms with Gasteiger partial charge in [-0.2, -0.15) is 0 Å². The van der Waals surface area contributed by atoms with Crippen molar-refractivity contribution in [2.45, 2.75) is 130 Å². The lowest BCUT2D eigenvalue weighted by Crippen LogP contribution is -2.69. The zero-order valence-electron chi connectivity index (χ0n) is 25.5. The van der Waals surface area contributed by atoms with Crippen molar-refractivity contribution < 1.29 is 99.6 Å². The largest absolute Gasteiger partial charge is 0.394 e. The Bertz CT molecular complexity index is 967.